The minimum atomic E-state index is -4.64. The summed E-state index contributed by atoms with van der Waals surface area (Å²) in [5.41, 5.74) is 5.55. The van der Waals surface area contributed by atoms with Crippen LogP contribution >= 0.6 is 11.3 Å². The molecule has 2 fully saturated rings. The quantitative estimate of drug-likeness (QED) is 0.200. The van der Waals surface area contributed by atoms with Crippen molar-refractivity contribution in [2.75, 3.05) is 18.8 Å². The summed E-state index contributed by atoms with van der Waals surface area (Å²) in [4.78, 5) is 35.2. The number of aromatic nitrogens is 2. The first-order chi connectivity index (χ1) is 20.3. The highest BCUT2D eigenvalue weighted by molar-refractivity contribution is 7.19. The molecule has 6 rings (SSSR count). The molecule has 3 N–H and O–H groups in total. The second-order valence-electron chi connectivity index (χ2n) is 11.0. The van der Waals surface area contributed by atoms with Crippen molar-refractivity contribution in [2.45, 2.75) is 31.5 Å². The average molecular weight is 614 g/mol. The van der Waals surface area contributed by atoms with Gasteiger partial charge >= 0.3 is 6.18 Å². The zero-order chi connectivity index (χ0) is 30.6. The molecule has 1 aliphatic heterocycles. The summed E-state index contributed by atoms with van der Waals surface area (Å²) in [5, 5.41) is 3.01. The summed E-state index contributed by atoms with van der Waals surface area (Å²) in [6.45, 7) is 0.539. The molecule has 7 nitrogen and oxygen atoms in total. The Balaban J connectivity index is 1.16. The number of benzene rings is 1. The fraction of sp³-hybridized carbons (Fsp3) is 0.267. The van der Waals surface area contributed by atoms with Crippen LogP contribution < -0.4 is 11.1 Å². The van der Waals surface area contributed by atoms with E-state index in [1.807, 2.05) is 0 Å². The van der Waals surface area contributed by atoms with Crippen LogP contribution in [0.3, 0.4) is 0 Å². The number of carbonyl (C=O) groups is 2. The van der Waals surface area contributed by atoms with Gasteiger partial charge in [-0.1, -0.05) is 0 Å². The van der Waals surface area contributed by atoms with Gasteiger partial charge in [-0.15, -0.1) is 11.3 Å². The van der Waals surface area contributed by atoms with E-state index in [4.69, 9.17) is 5.73 Å². The highest BCUT2D eigenvalue weighted by Crippen LogP contribution is 2.56. The third kappa shape index (κ3) is 5.94. The number of rotatable bonds is 6. The van der Waals surface area contributed by atoms with E-state index in [2.05, 4.69) is 15.3 Å². The summed E-state index contributed by atoms with van der Waals surface area (Å²) in [6.07, 6.45) is 0.550. The van der Waals surface area contributed by atoms with Crippen molar-refractivity contribution in [3.05, 3.63) is 82.5 Å². The van der Waals surface area contributed by atoms with Crippen LogP contribution in [0.1, 0.15) is 39.2 Å². The van der Waals surface area contributed by atoms with Gasteiger partial charge in [-0.2, -0.15) is 13.2 Å². The van der Waals surface area contributed by atoms with Gasteiger partial charge in [-0.3, -0.25) is 14.6 Å². The molecule has 4 heterocycles. The summed E-state index contributed by atoms with van der Waals surface area (Å²) in [6, 6.07) is 10.4. The van der Waals surface area contributed by atoms with Crippen LogP contribution in [-0.2, 0) is 17.5 Å². The van der Waals surface area contributed by atoms with Crippen molar-refractivity contribution in [1.82, 2.24) is 20.2 Å². The molecular weight excluding hydrogens is 589 g/mol. The minimum Gasteiger partial charge on any atom is -0.384 e. The number of hydrogen-bond donors (Lipinski definition) is 2. The van der Waals surface area contributed by atoms with E-state index in [0.29, 0.717) is 21.6 Å². The summed E-state index contributed by atoms with van der Waals surface area (Å²) in [5.74, 6) is -3.10. The molecule has 0 bridgehead atoms. The van der Waals surface area contributed by atoms with E-state index < -0.39 is 29.0 Å². The Kier molecular flexibility index (Phi) is 6.95. The van der Waals surface area contributed by atoms with Crippen LogP contribution in [0, 0.1) is 5.41 Å². The van der Waals surface area contributed by atoms with Crippen molar-refractivity contribution < 1.29 is 31.5 Å². The summed E-state index contributed by atoms with van der Waals surface area (Å²) >= 11 is 0.937. The predicted molar refractivity (Wildman–Crippen MR) is 152 cm³/mol. The van der Waals surface area contributed by atoms with Crippen LogP contribution in [-0.4, -0.2) is 45.7 Å². The first-order valence-electron chi connectivity index (χ1n) is 13.2. The van der Waals surface area contributed by atoms with E-state index in [0.717, 1.165) is 17.4 Å². The number of nitrogen functional groups attached to an aromatic ring is 1. The van der Waals surface area contributed by atoms with Gasteiger partial charge in [0.25, 0.3) is 5.91 Å². The average Bonchev–Trinajstić information content (AvgIpc) is 3.34. The molecule has 4 aromatic rings. The lowest BCUT2D eigenvalue weighted by Crippen LogP contribution is -2.66. The van der Waals surface area contributed by atoms with Gasteiger partial charge in [0.15, 0.2) is 0 Å². The number of anilines is 1. The molecule has 3 aromatic heterocycles. The van der Waals surface area contributed by atoms with Crippen molar-refractivity contribution in [1.29, 1.82) is 0 Å². The van der Waals surface area contributed by atoms with Gasteiger partial charge in [0, 0.05) is 65.0 Å². The Hall–Kier alpha value is -4.39. The van der Waals surface area contributed by atoms with E-state index in [1.54, 1.807) is 30.3 Å². The van der Waals surface area contributed by atoms with Crippen molar-refractivity contribution in [2.24, 2.45) is 5.41 Å². The highest BCUT2D eigenvalue weighted by atomic mass is 32.1. The van der Waals surface area contributed by atoms with Crippen molar-refractivity contribution >= 4 is 45.1 Å². The second-order valence-corrected chi connectivity index (χ2v) is 12.2. The molecular formula is C30H24F5N5O2S. The van der Waals surface area contributed by atoms with Crippen molar-refractivity contribution in [3.63, 3.8) is 0 Å². The molecule has 1 saturated heterocycles. The van der Waals surface area contributed by atoms with Gasteiger partial charge in [0.2, 0.25) is 11.8 Å². The Morgan fingerprint density at radius 2 is 1.81 bits per heavy atom. The summed E-state index contributed by atoms with van der Waals surface area (Å²) in [7, 11) is 0. The Morgan fingerprint density at radius 1 is 1.05 bits per heavy atom. The van der Waals surface area contributed by atoms with Crippen LogP contribution in [0.2, 0.25) is 0 Å². The third-order valence-electron chi connectivity index (χ3n) is 7.56. The predicted octanol–water partition coefficient (Wildman–Crippen LogP) is 6.16. The molecule has 1 aromatic carbocycles. The lowest BCUT2D eigenvalue weighted by atomic mass is 9.61. The van der Waals surface area contributed by atoms with Gasteiger partial charge in [-0.05, 0) is 59.5 Å². The number of carbonyl (C=O) groups excluding carboxylic acids is 2. The van der Waals surface area contributed by atoms with Crippen LogP contribution in [0.4, 0.5) is 27.8 Å². The number of thiophene rings is 1. The van der Waals surface area contributed by atoms with E-state index >= 15 is 0 Å². The lowest BCUT2D eigenvalue weighted by molar-refractivity contribution is -0.203. The zero-order valence-corrected chi connectivity index (χ0v) is 23.2. The Bertz CT molecular complexity index is 1730. The van der Waals surface area contributed by atoms with E-state index in [9.17, 15) is 31.5 Å². The standard InChI is InChI=1S/C30H24F5N5O2S/c31-29(32)13-28(14-29)15-40(16-28)27(42)18-3-4-23(37-11-18)19-7-20-8-21(43-26(20)22(9-19)30(33,34)35)12-39-25(41)6-2-17-1-5-24(36)38-10-17/h1-11H,12-16H2,(H2,36,38)(H,39,41)/b6-2+. The number of pyridine rings is 2. The van der Waals surface area contributed by atoms with Gasteiger partial charge in [0.05, 0.1) is 23.4 Å². The third-order valence-corrected chi connectivity index (χ3v) is 8.74. The number of fused-ring (bicyclic) bond motifs is 1. The Morgan fingerprint density at radius 3 is 2.44 bits per heavy atom. The number of alkyl halides is 5. The molecule has 0 unspecified atom stereocenters. The van der Waals surface area contributed by atoms with Gasteiger partial charge in [-0.25, -0.2) is 13.8 Å². The normalized spacial score (nSPS) is 17.2. The number of nitrogens with two attached hydrogens (primary N) is 1. The minimum absolute atomic E-state index is 0.0274. The monoisotopic (exact) mass is 613 g/mol. The first kappa shape index (κ1) is 28.7. The van der Waals surface area contributed by atoms with Gasteiger partial charge < -0.3 is 16.0 Å². The van der Waals surface area contributed by atoms with Crippen LogP contribution in [0.5, 0.6) is 0 Å². The van der Waals surface area contributed by atoms with Crippen molar-refractivity contribution in [3.8, 4) is 11.3 Å². The molecule has 222 valence electrons. The fourth-order valence-electron chi connectivity index (χ4n) is 5.62. The number of nitrogens with one attached hydrogen (secondary N) is 1. The number of halogens is 5. The highest BCUT2D eigenvalue weighted by Gasteiger charge is 2.62. The SMILES string of the molecule is Nc1ccc(/C=C/C(=O)NCc2cc3cc(-c4ccc(C(=O)N5CC6(C5)CC(F)(F)C6)cn4)cc(C(F)(F)F)c3s2)cn1. The second kappa shape index (κ2) is 10.4. The lowest BCUT2D eigenvalue weighted by Gasteiger charge is -2.58. The van der Waals surface area contributed by atoms with Crippen LogP contribution in [0.15, 0.2) is 60.9 Å². The maximum Gasteiger partial charge on any atom is 0.417 e. The van der Waals surface area contributed by atoms with Gasteiger partial charge in [0.1, 0.15) is 5.82 Å². The molecule has 1 spiro atoms. The van der Waals surface area contributed by atoms with Crippen LogP contribution in [0.25, 0.3) is 27.4 Å². The topological polar surface area (TPSA) is 101 Å². The van der Waals surface area contributed by atoms with E-state index in [-0.39, 0.29) is 59.9 Å². The fourth-order valence-corrected chi connectivity index (χ4v) is 6.73. The molecule has 0 radical (unpaired) electrons. The number of amides is 2. The largest absolute Gasteiger partial charge is 0.417 e. The molecule has 2 amide bonds. The number of nitrogens with zero attached hydrogens (tertiary/aromatic N) is 3. The molecule has 2 aliphatic rings. The van der Waals surface area contributed by atoms with E-state index in [1.165, 1.54) is 35.5 Å². The number of likely N-dealkylation sites (tertiary alicyclic amines) is 1. The molecule has 43 heavy (non-hydrogen) atoms. The first-order valence-corrected chi connectivity index (χ1v) is 14.1. The number of hydrogen-bond acceptors (Lipinski definition) is 6. The zero-order valence-electron chi connectivity index (χ0n) is 22.4. The Labute approximate surface area is 246 Å². The maximum absolute atomic E-state index is 14.1. The molecule has 1 aliphatic carbocycles. The summed E-state index contributed by atoms with van der Waals surface area (Å²) < 4.78 is 68.8. The maximum atomic E-state index is 14.1. The molecule has 13 heteroatoms. The molecule has 0 atom stereocenters. The molecule has 1 saturated carbocycles. The smallest absolute Gasteiger partial charge is 0.384 e.